The van der Waals surface area contributed by atoms with Crippen molar-refractivity contribution in [2.75, 3.05) is 0 Å². The summed E-state index contributed by atoms with van der Waals surface area (Å²) in [7, 11) is 0. The van der Waals surface area contributed by atoms with E-state index in [0.29, 0.717) is 16.6 Å². The number of aromatic nitrogens is 4. The molecule has 0 saturated heterocycles. The molecule has 0 unspecified atom stereocenters. The number of para-hydroxylation sites is 2. The van der Waals surface area contributed by atoms with Crippen LogP contribution in [0.15, 0.2) is 66.4 Å². The van der Waals surface area contributed by atoms with Crippen molar-refractivity contribution >= 4 is 38.6 Å². The second-order valence-electron chi connectivity index (χ2n) is 12.7. The molecule has 0 amide bonds. The molecule has 3 aromatic carbocycles. The minimum Gasteiger partial charge on any atom is -0.512 e. The van der Waals surface area contributed by atoms with Gasteiger partial charge >= 0.3 is 6.18 Å². The quantitative estimate of drug-likeness (QED) is 0.0725. The van der Waals surface area contributed by atoms with Crippen molar-refractivity contribution in [3.8, 4) is 11.3 Å². The number of aliphatic hydroxyl groups is 1. The van der Waals surface area contributed by atoms with Crippen molar-refractivity contribution in [1.29, 1.82) is 0 Å². The maximum absolute atomic E-state index is 13.7. The largest absolute Gasteiger partial charge is 0.512 e. The number of benzene rings is 3. The summed E-state index contributed by atoms with van der Waals surface area (Å²) < 4.78 is 41.1. The molecule has 10 heteroatoms. The van der Waals surface area contributed by atoms with E-state index >= 15 is 0 Å². The van der Waals surface area contributed by atoms with Gasteiger partial charge in [0.2, 0.25) is 0 Å². The van der Waals surface area contributed by atoms with Gasteiger partial charge in [-0.25, -0.2) is 4.98 Å². The second-order valence-corrected chi connectivity index (χ2v) is 12.7. The number of hydrogen-bond acceptors (Lipinski definition) is 6. The van der Waals surface area contributed by atoms with Crippen LogP contribution in [0.25, 0.3) is 44.1 Å². The van der Waals surface area contributed by atoms with E-state index in [0.717, 1.165) is 42.0 Å². The molecule has 257 valence electrons. The van der Waals surface area contributed by atoms with Crippen molar-refractivity contribution in [2.24, 2.45) is 11.8 Å². The molecule has 0 aliphatic rings. The molecule has 48 heavy (non-hydrogen) atoms. The van der Waals surface area contributed by atoms with Crippen LogP contribution in [0.3, 0.4) is 0 Å². The maximum atomic E-state index is 13.7. The molecule has 2 heterocycles. The van der Waals surface area contributed by atoms with Gasteiger partial charge in [0.1, 0.15) is 5.52 Å². The fourth-order valence-corrected chi connectivity index (χ4v) is 5.66. The molecule has 0 fully saturated rings. The first-order valence-electron chi connectivity index (χ1n) is 16.1. The molecule has 0 saturated carbocycles. The van der Waals surface area contributed by atoms with E-state index in [1.165, 1.54) is 6.08 Å². The monoisotopic (exact) mass is 836 g/mol. The third-order valence-electron chi connectivity index (χ3n) is 8.46. The van der Waals surface area contributed by atoms with Gasteiger partial charge in [0.25, 0.3) is 0 Å². The predicted molar refractivity (Wildman–Crippen MR) is 182 cm³/mol. The van der Waals surface area contributed by atoms with Crippen molar-refractivity contribution in [3.63, 3.8) is 0 Å². The minimum atomic E-state index is -4.70. The van der Waals surface area contributed by atoms with Crippen molar-refractivity contribution < 1.29 is 43.2 Å². The minimum absolute atomic E-state index is 0. The van der Waals surface area contributed by atoms with Crippen LogP contribution in [-0.2, 0) is 36.5 Å². The average Bonchev–Trinajstić information content (AvgIpc) is 3.03. The Morgan fingerprint density at radius 3 is 1.92 bits per heavy atom. The number of allylic oxidation sites excluding steroid dienone is 2. The summed E-state index contributed by atoms with van der Waals surface area (Å²) in [6.45, 7) is 14.3. The van der Waals surface area contributed by atoms with Crippen molar-refractivity contribution in [3.05, 3.63) is 83.8 Å². The third kappa shape index (κ3) is 8.63. The summed E-state index contributed by atoms with van der Waals surface area (Å²) in [5, 5.41) is 19.1. The number of carbonyl (C=O) groups excluding carboxylic acids is 1. The van der Waals surface area contributed by atoms with Crippen LogP contribution >= 0.6 is 0 Å². The fourth-order valence-electron chi connectivity index (χ4n) is 5.66. The SMILES string of the molecule is CC(C)(C)c1cc(-c2nnc(C(F)(F)F)c3nc4ccccc4nc23)[c-]c2ccccc12.CCC(CC)C(=O)/C=C(\O)C(CC)CC.[Ir]. The number of halogens is 3. The van der Waals surface area contributed by atoms with E-state index in [9.17, 15) is 23.1 Å². The smallest absolute Gasteiger partial charge is 0.437 e. The van der Waals surface area contributed by atoms with Gasteiger partial charge in [-0.2, -0.15) is 23.4 Å². The molecule has 1 N–H and O–H groups in total. The average molecular weight is 836 g/mol. The first-order valence-corrected chi connectivity index (χ1v) is 16.1. The molecule has 0 bridgehead atoms. The van der Waals surface area contributed by atoms with E-state index in [-0.39, 0.29) is 65.6 Å². The number of rotatable bonds is 8. The molecular weight excluding hydrogens is 794 g/mol. The third-order valence-corrected chi connectivity index (χ3v) is 8.46. The predicted octanol–water partition coefficient (Wildman–Crippen LogP) is 10.4. The molecule has 6 nitrogen and oxygen atoms in total. The van der Waals surface area contributed by atoms with Crippen LogP contribution in [0.4, 0.5) is 13.2 Å². The number of hydrogen-bond donors (Lipinski definition) is 1. The number of fused-ring (bicyclic) bond motifs is 3. The fraction of sp³-hybridized carbons (Fsp3) is 0.395. The Labute approximate surface area is 293 Å². The van der Waals surface area contributed by atoms with Crippen LogP contribution in [0.2, 0.25) is 0 Å². The molecule has 0 aliphatic heterocycles. The standard InChI is InChI=1S/C25H18F3N4.C13H24O2.Ir/c1-24(2,3)17-13-15(12-14-8-4-5-9-16(14)17)20-21-22(23(32-31-20)25(26,27)28)30-19-11-7-6-10-18(19)29-21;1-5-10(6-2)12(14)9-13(15)11(7-3)8-4;/h4-11,13H,1-3H3;9-11,14H,5-8H2,1-4H3;/q-1;;/b;12-9-;. The van der Waals surface area contributed by atoms with Gasteiger partial charge in [-0.1, -0.05) is 89.7 Å². The van der Waals surface area contributed by atoms with Gasteiger partial charge in [0.05, 0.1) is 28.0 Å². The summed E-state index contributed by atoms with van der Waals surface area (Å²) >= 11 is 0. The molecule has 5 rings (SSSR count). The van der Waals surface area contributed by atoms with Crippen LogP contribution in [0.5, 0.6) is 0 Å². The summed E-state index contributed by atoms with van der Waals surface area (Å²) in [6, 6.07) is 19.8. The summed E-state index contributed by atoms with van der Waals surface area (Å²) in [5.74, 6) is 0.547. The zero-order valence-corrected chi connectivity index (χ0v) is 30.8. The molecular formula is C38H42F3IrN4O2-. The van der Waals surface area contributed by atoms with Gasteiger partial charge in [-0.15, -0.1) is 29.1 Å². The Kier molecular flexibility index (Phi) is 13.0. The van der Waals surface area contributed by atoms with Gasteiger partial charge in [-0.3, -0.25) is 9.78 Å². The summed E-state index contributed by atoms with van der Waals surface area (Å²) in [6.07, 6.45) is 0.202. The molecule has 2 aromatic heterocycles. The zero-order valence-electron chi connectivity index (χ0n) is 28.4. The van der Waals surface area contributed by atoms with Crippen LogP contribution < -0.4 is 0 Å². The van der Waals surface area contributed by atoms with Crippen LogP contribution in [0, 0.1) is 17.9 Å². The number of aliphatic hydroxyl groups excluding tert-OH is 1. The Bertz CT molecular complexity index is 1910. The van der Waals surface area contributed by atoms with Gasteiger partial charge < -0.3 is 5.11 Å². The van der Waals surface area contributed by atoms with E-state index in [1.54, 1.807) is 24.3 Å². The van der Waals surface area contributed by atoms with E-state index in [2.05, 4.69) is 47.0 Å². The zero-order chi connectivity index (χ0) is 34.5. The van der Waals surface area contributed by atoms with Gasteiger partial charge in [-0.05, 0) is 43.2 Å². The van der Waals surface area contributed by atoms with E-state index in [4.69, 9.17) is 0 Å². The first kappa shape index (κ1) is 38.7. The Hall–Kier alpha value is -3.75. The number of carbonyl (C=O) groups is 1. The summed E-state index contributed by atoms with van der Waals surface area (Å²) in [4.78, 5) is 20.5. The topological polar surface area (TPSA) is 88.9 Å². The number of nitrogens with zero attached hydrogens (tertiary/aromatic N) is 4. The molecule has 0 aliphatic carbocycles. The Morgan fingerprint density at radius 2 is 1.38 bits per heavy atom. The van der Waals surface area contributed by atoms with Crippen LogP contribution in [0.1, 0.15) is 85.4 Å². The maximum Gasteiger partial charge on any atom is 0.437 e. The molecule has 5 aromatic rings. The normalized spacial score (nSPS) is 12.4. The Morgan fingerprint density at radius 1 is 0.833 bits per heavy atom. The molecule has 1 radical (unpaired) electrons. The van der Waals surface area contributed by atoms with E-state index < -0.39 is 11.9 Å². The number of ketones is 1. The Balaban J connectivity index is 0.000000334. The van der Waals surface area contributed by atoms with Crippen molar-refractivity contribution in [2.45, 2.75) is 85.7 Å². The van der Waals surface area contributed by atoms with Gasteiger partial charge in [0.15, 0.2) is 11.5 Å². The summed E-state index contributed by atoms with van der Waals surface area (Å²) in [5.41, 5.74) is 1.01. The second kappa shape index (κ2) is 16.1. The number of alkyl halides is 3. The van der Waals surface area contributed by atoms with Gasteiger partial charge in [0, 0.05) is 38.0 Å². The molecule has 0 spiro atoms. The first-order chi connectivity index (χ1) is 22.2. The van der Waals surface area contributed by atoms with Crippen molar-refractivity contribution in [1.82, 2.24) is 20.2 Å². The van der Waals surface area contributed by atoms with E-state index in [1.807, 2.05) is 58.0 Å². The van der Waals surface area contributed by atoms with Crippen LogP contribution in [-0.4, -0.2) is 31.1 Å². The molecule has 0 atom stereocenters.